The van der Waals surface area contributed by atoms with Crippen LogP contribution in [0.2, 0.25) is 0 Å². The zero-order valence-electron chi connectivity index (χ0n) is 7.44. The molecule has 72 valence electrons. The molecule has 1 nitrogen and oxygen atoms in total. The van der Waals surface area contributed by atoms with Gasteiger partial charge in [-0.2, -0.15) is 0 Å². The Morgan fingerprint density at radius 2 is 1.50 bits per heavy atom. The molecule has 1 fully saturated rings. The largest absolute Gasteiger partial charge is 0.298 e. The first-order valence-electron chi connectivity index (χ1n) is 4.74. The predicted molar refractivity (Wildman–Crippen MR) is 55.3 cm³/mol. The summed E-state index contributed by atoms with van der Waals surface area (Å²) in [6.07, 6.45) is 5.44. The summed E-state index contributed by atoms with van der Waals surface area (Å²) in [6.45, 7) is 2.00. The zero-order valence-corrected chi connectivity index (χ0v) is 8.95. The monoisotopic (exact) mass is 209 g/mol. The molecule has 0 aromatic rings. The molecule has 0 saturated heterocycles. The van der Waals surface area contributed by atoms with Crippen molar-refractivity contribution in [1.29, 1.82) is 0 Å². The van der Waals surface area contributed by atoms with Crippen molar-refractivity contribution in [2.24, 2.45) is 0 Å². The van der Waals surface area contributed by atoms with Gasteiger partial charge in [-0.05, 0) is 12.8 Å². The molecule has 0 amide bonds. The standard InChI is InChI=1S/C9H17Cl2N/c10-5-7-12(8-6-11)9-3-1-2-4-9/h9H,1-8H2. The first kappa shape index (κ1) is 10.6. The first-order chi connectivity index (χ1) is 5.88. The van der Waals surface area contributed by atoms with Crippen LogP contribution in [0.1, 0.15) is 25.7 Å². The number of alkyl halides is 2. The fourth-order valence-corrected chi connectivity index (χ4v) is 2.40. The van der Waals surface area contributed by atoms with Crippen LogP contribution in [0, 0.1) is 0 Å². The van der Waals surface area contributed by atoms with E-state index in [2.05, 4.69) is 4.90 Å². The van der Waals surface area contributed by atoms with Crippen LogP contribution in [-0.4, -0.2) is 35.8 Å². The summed E-state index contributed by atoms with van der Waals surface area (Å²) < 4.78 is 0. The van der Waals surface area contributed by atoms with E-state index in [-0.39, 0.29) is 0 Å². The molecule has 0 unspecified atom stereocenters. The lowest BCUT2D eigenvalue weighted by Gasteiger charge is -2.26. The molecular formula is C9H17Cl2N. The molecule has 0 bridgehead atoms. The van der Waals surface area contributed by atoms with Gasteiger partial charge in [0.15, 0.2) is 0 Å². The maximum Gasteiger partial charge on any atom is 0.0351 e. The summed E-state index contributed by atoms with van der Waals surface area (Å²) in [5.41, 5.74) is 0. The topological polar surface area (TPSA) is 3.24 Å². The minimum atomic E-state index is 0.730. The van der Waals surface area contributed by atoms with Crippen LogP contribution in [0.4, 0.5) is 0 Å². The lowest BCUT2D eigenvalue weighted by atomic mass is 10.2. The molecule has 1 rings (SSSR count). The van der Waals surface area contributed by atoms with Gasteiger partial charge < -0.3 is 0 Å². The van der Waals surface area contributed by atoms with Crippen LogP contribution in [0.3, 0.4) is 0 Å². The fourth-order valence-electron chi connectivity index (χ4n) is 1.96. The lowest BCUT2D eigenvalue weighted by Crippen LogP contribution is -2.36. The SMILES string of the molecule is ClCCN(CCCl)C1CCCC1. The highest BCUT2D eigenvalue weighted by molar-refractivity contribution is 6.18. The molecule has 0 spiro atoms. The van der Waals surface area contributed by atoms with Crippen molar-refractivity contribution in [3.63, 3.8) is 0 Å². The van der Waals surface area contributed by atoms with E-state index in [1.807, 2.05) is 0 Å². The number of hydrogen-bond acceptors (Lipinski definition) is 1. The second-order valence-electron chi connectivity index (χ2n) is 3.35. The summed E-state index contributed by atoms with van der Waals surface area (Å²) in [7, 11) is 0. The van der Waals surface area contributed by atoms with Crippen LogP contribution < -0.4 is 0 Å². The first-order valence-corrected chi connectivity index (χ1v) is 5.81. The van der Waals surface area contributed by atoms with E-state index in [4.69, 9.17) is 23.2 Å². The van der Waals surface area contributed by atoms with Crippen LogP contribution in [-0.2, 0) is 0 Å². The predicted octanol–water partition coefficient (Wildman–Crippen LogP) is 2.71. The van der Waals surface area contributed by atoms with Crippen LogP contribution in [0.25, 0.3) is 0 Å². The third-order valence-electron chi connectivity index (χ3n) is 2.58. The maximum atomic E-state index is 5.73. The molecule has 12 heavy (non-hydrogen) atoms. The van der Waals surface area contributed by atoms with Gasteiger partial charge in [-0.15, -0.1) is 23.2 Å². The van der Waals surface area contributed by atoms with Gasteiger partial charge in [-0.1, -0.05) is 12.8 Å². The second kappa shape index (κ2) is 6.06. The van der Waals surface area contributed by atoms with Crippen LogP contribution in [0.15, 0.2) is 0 Å². The highest BCUT2D eigenvalue weighted by Crippen LogP contribution is 2.23. The van der Waals surface area contributed by atoms with E-state index >= 15 is 0 Å². The fraction of sp³-hybridized carbons (Fsp3) is 1.00. The Labute approximate surface area is 85.0 Å². The molecule has 0 heterocycles. The summed E-state index contributed by atoms with van der Waals surface area (Å²) >= 11 is 11.5. The summed E-state index contributed by atoms with van der Waals surface area (Å²) in [4.78, 5) is 2.44. The average molecular weight is 210 g/mol. The molecule has 0 aromatic carbocycles. The van der Waals surface area contributed by atoms with Gasteiger partial charge in [0.05, 0.1) is 0 Å². The molecule has 3 heteroatoms. The van der Waals surface area contributed by atoms with E-state index in [9.17, 15) is 0 Å². The molecule has 0 atom stereocenters. The Balaban J connectivity index is 2.29. The molecule has 1 aliphatic rings. The molecule has 1 saturated carbocycles. The Morgan fingerprint density at radius 1 is 1.00 bits per heavy atom. The smallest absolute Gasteiger partial charge is 0.0351 e. The Bertz CT molecular complexity index is 107. The third-order valence-corrected chi connectivity index (χ3v) is 2.92. The average Bonchev–Trinajstić information content (AvgIpc) is 2.56. The lowest BCUT2D eigenvalue weighted by molar-refractivity contribution is 0.223. The Hall–Kier alpha value is 0.540. The van der Waals surface area contributed by atoms with Gasteiger partial charge in [-0.3, -0.25) is 4.90 Å². The quantitative estimate of drug-likeness (QED) is 0.630. The van der Waals surface area contributed by atoms with Crippen LogP contribution >= 0.6 is 23.2 Å². The minimum Gasteiger partial charge on any atom is -0.298 e. The molecule has 0 aromatic heterocycles. The van der Waals surface area contributed by atoms with Crippen LogP contribution in [0.5, 0.6) is 0 Å². The van der Waals surface area contributed by atoms with Crippen molar-refractivity contribution in [2.45, 2.75) is 31.7 Å². The van der Waals surface area contributed by atoms with Gasteiger partial charge in [0, 0.05) is 30.9 Å². The maximum absolute atomic E-state index is 5.73. The van der Waals surface area contributed by atoms with E-state index in [0.29, 0.717) is 0 Å². The van der Waals surface area contributed by atoms with Crippen molar-refractivity contribution in [3.8, 4) is 0 Å². The van der Waals surface area contributed by atoms with E-state index in [0.717, 1.165) is 30.9 Å². The van der Waals surface area contributed by atoms with E-state index < -0.39 is 0 Å². The van der Waals surface area contributed by atoms with Gasteiger partial charge in [0.2, 0.25) is 0 Å². The second-order valence-corrected chi connectivity index (χ2v) is 4.11. The summed E-state index contributed by atoms with van der Waals surface area (Å²) in [6, 6.07) is 0.766. The van der Waals surface area contributed by atoms with Crippen molar-refractivity contribution in [1.82, 2.24) is 4.90 Å². The van der Waals surface area contributed by atoms with Crippen molar-refractivity contribution in [3.05, 3.63) is 0 Å². The van der Waals surface area contributed by atoms with Crippen molar-refractivity contribution in [2.75, 3.05) is 24.8 Å². The summed E-state index contributed by atoms with van der Waals surface area (Å²) in [5.74, 6) is 1.46. The minimum absolute atomic E-state index is 0.730. The Kier molecular flexibility index (Phi) is 5.37. The Morgan fingerprint density at radius 3 is 1.92 bits per heavy atom. The van der Waals surface area contributed by atoms with Gasteiger partial charge in [0.1, 0.15) is 0 Å². The normalized spacial score (nSPS) is 19.2. The molecule has 0 N–H and O–H groups in total. The van der Waals surface area contributed by atoms with Crippen molar-refractivity contribution >= 4 is 23.2 Å². The molecule has 0 radical (unpaired) electrons. The number of rotatable bonds is 5. The molecule has 0 aliphatic heterocycles. The van der Waals surface area contributed by atoms with Gasteiger partial charge in [-0.25, -0.2) is 0 Å². The van der Waals surface area contributed by atoms with Gasteiger partial charge in [0.25, 0.3) is 0 Å². The molecule has 1 aliphatic carbocycles. The van der Waals surface area contributed by atoms with Crippen molar-refractivity contribution < 1.29 is 0 Å². The van der Waals surface area contributed by atoms with Gasteiger partial charge >= 0.3 is 0 Å². The third kappa shape index (κ3) is 3.12. The highest BCUT2D eigenvalue weighted by atomic mass is 35.5. The highest BCUT2D eigenvalue weighted by Gasteiger charge is 2.21. The zero-order chi connectivity index (χ0) is 8.81. The molecular weight excluding hydrogens is 193 g/mol. The number of nitrogens with zero attached hydrogens (tertiary/aromatic N) is 1. The summed E-state index contributed by atoms with van der Waals surface area (Å²) in [5, 5.41) is 0. The number of halogens is 2. The van der Waals surface area contributed by atoms with E-state index in [1.54, 1.807) is 0 Å². The number of hydrogen-bond donors (Lipinski definition) is 0. The van der Waals surface area contributed by atoms with E-state index in [1.165, 1.54) is 25.7 Å².